The zero-order valence-corrected chi connectivity index (χ0v) is 10.4. The van der Waals surface area contributed by atoms with Gasteiger partial charge in [-0.25, -0.2) is 0 Å². The normalized spacial score (nSPS) is 9.62. The van der Waals surface area contributed by atoms with Crippen molar-refractivity contribution in [2.75, 3.05) is 0 Å². The highest BCUT2D eigenvalue weighted by Gasteiger charge is 1.78. The Bertz CT molecular complexity index is 147. The summed E-state index contributed by atoms with van der Waals surface area (Å²) in [5.74, 6) is 0. The summed E-state index contributed by atoms with van der Waals surface area (Å²) < 4.78 is 0. The van der Waals surface area contributed by atoms with Crippen molar-refractivity contribution in [3.05, 3.63) is 36.0 Å². The van der Waals surface area contributed by atoms with Crippen LogP contribution in [0.4, 0.5) is 0 Å². The largest absolute Gasteiger partial charge is 0.0961 e. The Labute approximate surface area is 85.1 Å². The van der Waals surface area contributed by atoms with Gasteiger partial charge in [0.1, 0.15) is 0 Å². The van der Waals surface area contributed by atoms with Gasteiger partial charge in [0.2, 0.25) is 0 Å². The number of hydrogen-bond donors (Lipinski definition) is 0. The highest BCUT2D eigenvalue weighted by molar-refractivity contribution is 5.24. The summed E-state index contributed by atoms with van der Waals surface area (Å²) in [4.78, 5) is 0. The zero-order valence-electron chi connectivity index (χ0n) is 10.4. The number of rotatable bonds is 2. The van der Waals surface area contributed by atoms with Gasteiger partial charge in [-0.1, -0.05) is 63.6 Å². The van der Waals surface area contributed by atoms with Gasteiger partial charge in [0, 0.05) is 0 Å². The van der Waals surface area contributed by atoms with E-state index in [0.29, 0.717) is 0 Å². The predicted octanol–water partition coefficient (Wildman–Crippen LogP) is 5.14. The third-order valence-electron chi connectivity index (χ3n) is 0.904. The molecule has 0 unspecified atom stereocenters. The molecule has 0 atom stereocenters. The first-order chi connectivity index (χ1) is 6.16. The third-order valence-corrected chi connectivity index (χ3v) is 0.904. The van der Waals surface area contributed by atoms with Crippen molar-refractivity contribution in [2.45, 2.75) is 48.5 Å². The molecule has 0 bridgehead atoms. The topological polar surface area (TPSA) is 0 Å². The summed E-state index contributed by atoms with van der Waals surface area (Å²) in [7, 11) is 0. The van der Waals surface area contributed by atoms with Crippen LogP contribution in [0.5, 0.6) is 0 Å². The number of allylic oxidation sites excluding steroid dienone is 5. The quantitative estimate of drug-likeness (QED) is 0.519. The van der Waals surface area contributed by atoms with Crippen LogP contribution in [0.1, 0.15) is 48.5 Å². The first-order valence-electron chi connectivity index (χ1n) is 5.13. The van der Waals surface area contributed by atoms with Crippen molar-refractivity contribution < 1.29 is 0 Å². The first kappa shape index (κ1) is 18.1. The maximum absolute atomic E-state index is 3.77. The third kappa shape index (κ3) is 24.7. The smallest absolute Gasteiger partial charge is 0.0398 e. The molecule has 0 saturated carbocycles. The molecule has 0 aliphatic carbocycles. The SMILES string of the molecule is C=C(C)/C=C(C)\C=C/C.CC.CC. The second-order valence-electron chi connectivity index (χ2n) is 2.23. The summed E-state index contributed by atoms with van der Waals surface area (Å²) in [6.45, 7) is 17.8. The summed E-state index contributed by atoms with van der Waals surface area (Å²) in [5.41, 5.74) is 2.36. The molecule has 0 aliphatic heterocycles. The van der Waals surface area contributed by atoms with E-state index in [1.165, 1.54) is 5.57 Å². The van der Waals surface area contributed by atoms with E-state index in [0.717, 1.165) is 5.57 Å². The first-order valence-corrected chi connectivity index (χ1v) is 5.13. The zero-order chi connectivity index (χ0) is 11.3. The minimum atomic E-state index is 1.10. The molecule has 0 aromatic carbocycles. The monoisotopic (exact) mass is 182 g/mol. The fraction of sp³-hybridized carbons (Fsp3) is 0.538. The molecule has 0 heteroatoms. The van der Waals surface area contributed by atoms with E-state index in [-0.39, 0.29) is 0 Å². The lowest BCUT2D eigenvalue weighted by Gasteiger charge is -1.89. The standard InChI is InChI=1S/C9H14.2C2H6/c1-5-6-9(4)7-8(2)3;2*1-2/h5-7H,2H2,1,3-4H3;2*1-2H3/b6-5-,9-7-;;. The Kier molecular flexibility index (Phi) is 24.1. The summed E-state index contributed by atoms with van der Waals surface area (Å²) >= 11 is 0. The van der Waals surface area contributed by atoms with Gasteiger partial charge in [-0.05, 0) is 20.8 Å². The Balaban J connectivity index is -0.000000218. The summed E-state index contributed by atoms with van der Waals surface area (Å²) in [6, 6.07) is 0. The molecular weight excluding hydrogens is 156 g/mol. The second-order valence-corrected chi connectivity index (χ2v) is 2.23. The lowest BCUT2D eigenvalue weighted by molar-refractivity contribution is 1.44. The van der Waals surface area contributed by atoms with E-state index in [1.807, 2.05) is 47.6 Å². The molecule has 0 aromatic rings. The molecule has 0 aliphatic rings. The molecule has 0 radical (unpaired) electrons. The van der Waals surface area contributed by atoms with Gasteiger partial charge in [-0.2, -0.15) is 0 Å². The van der Waals surface area contributed by atoms with Gasteiger partial charge in [-0.3, -0.25) is 0 Å². The minimum absolute atomic E-state index is 1.10. The van der Waals surface area contributed by atoms with Crippen LogP contribution in [0, 0.1) is 0 Å². The Morgan fingerprint density at radius 3 is 1.62 bits per heavy atom. The van der Waals surface area contributed by atoms with E-state index >= 15 is 0 Å². The van der Waals surface area contributed by atoms with Gasteiger partial charge in [0.15, 0.2) is 0 Å². The number of hydrogen-bond acceptors (Lipinski definition) is 0. The van der Waals surface area contributed by atoms with Crippen molar-refractivity contribution in [1.29, 1.82) is 0 Å². The van der Waals surface area contributed by atoms with Crippen LogP contribution < -0.4 is 0 Å². The molecule has 0 rings (SSSR count). The van der Waals surface area contributed by atoms with Gasteiger partial charge >= 0.3 is 0 Å². The molecule has 0 saturated heterocycles. The maximum atomic E-state index is 3.77. The Morgan fingerprint density at radius 2 is 1.38 bits per heavy atom. The molecule has 0 amide bonds. The van der Waals surface area contributed by atoms with Crippen LogP contribution in [0.25, 0.3) is 0 Å². The van der Waals surface area contributed by atoms with Gasteiger partial charge < -0.3 is 0 Å². The highest BCUT2D eigenvalue weighted by atomic mass is 13.8. The Hall–Kier alpha value is -0.780. The van der Waals surface area contributed by atoms with E-state index < -0.39 is 0 Å². The van der Waals surface area contributed by atoms with E-state index in [4.69, 9.17) is 0 Å². The maximum Gasteiger partial charge on any atom is -0.0398 e. The van der Waals surface area contributed by atoms with Crippen LogP contribution in [0.2, 0.25) is 0 Å². The average Bonchev–Trinajstić information content (AvgIpc) is 2.10. The lowest BCUT2D eigenvalue weighted by atomic mass is 10.2. The fourth-order valence-corrected chi connectivity index (χ4v) is 0.700. The molecular formula is C13H26. The lowest BCUT2D eigenvalue weighted by Crippen LogP contribution is -1.68. The Morgan fingerprint density at radius 1 is 1.00 bits per heavy atom. The molecule has 78 valence electrons. The van der Waals surface area contributed by atoms with E-state index in [1.54, 1.807) is 0 Å². The van der Waals surface area contributed by atoms with Crippen molar-refractivity contribution in [3.63, 3.8) is 0 Å². The average molecular weight is 182 g/mol. The molecule has 0 spiro atoms. The second kappa shape index (κ2) is 17.3. The fourth-order valence-electron chi connectivity index (χ4n) is 0.700. The van der Waals surface area contributed by atoms with Crippen molar-refractivity contribution >= 4 is 0 Å². The molecule has 13 heavy (non-hydrogen) atoms. The van der Waals surface area contributed by atoms with Crippen molar-refractivity contribution in [1.82, 2.24) is 0 Å². The van der Waals surface area contributed by atoms with Gasteiger partial charge in [-0.15, -0.1) is 0 Å². The summed E-state index contributed by atoms with van der Waals surface area (Å²) in [5, 5.41) is 0. The van der Waals surface area contributed by atoms with Gasteiger partial charge in [0.05, 0.1) is 0 Å². The highest BCUT2D eigenvalue weighted by Crippen LogP contribution is 1.99. The van der Waals surface area contributed by atoms with Crippen LogP contribution in [0.3, 0.4) is 0 Å². The molecule has 0 nitrogen and oxygen atoms in total. The van der Waals surface area contributed by atoms with Gasteiger partial charge in [0.25, 0.3) is 0 Å². The van der Waals surface area contributed by atoms with Crippen LogP contribution >= 0.6 is 0 Å². The summed E-state index contributed by atoms with van der Waals surface area (Å²) in [6.07, 6.45) is 6.14. The molecule has 0 N–H and O–H groups in total. The molecule has 0 aromatic heterocycles. The molecule has 0 fully saturated rings. The van der Waals surface area contributed by atoms with Crippen LogP contribution in [0.15, 0.2) is 36.0 Å². The minimum Gasteiger partial charge on any atom is -0.0961 e. The van der Waals surface area contributed by atoms with Crippen LogP contribution in [-0.2, 0) is 0 Å². The van der Waals surface area contributed by atoms with Crippen molar-refractivity contribution in [2.24, 2.45) is 0 Å². The predicted molar refractivity (Wildman–Crippen MR) is 66.1 cm³/mol. The van der Waals surface area contributed by atoms with Crippen LogP contribution in [-0.4, -0.2) is 0 Å². The molecule has 0 heterocycles. The van der Waals surface area contributed by atoms with Crippen molar-refractivity contribution in [3.8, 4) is 0 Å². The van der Waals surface area contributed by atoms with E-state index in [2.05, 4.69) is 25.7 Å². The van der Waals surface area contributed by atoms with E-state index in [9.17, 15) is 0 Å².